The maximum absolute atomic E-state index is 12.5. The van der Waals surface area contributed by atoms with Gasteiger partial charge in [-0.1, -0.05) is 13.8 Å². The fourth-order valence-corrected chi connectivity index (χ4v) is 4.51. The molecule has 190 valence electrons. The highest BCUT2D eigenvalue weighted by atomic mass is 16.5. The van der Waals surface area contributed by atoms with Crippen molar-refractivity contribution in [2.75, 3.05) is 24.6 Å². The molecule has 1 aliphatic heterocycles. The molecule has 0 amide bonds. The smallest absolute Gasteiger partial charge is 0.337 e. The number of nitrogens with zero attached hydrogens (tertiary/aromatic N) is 3. The van der Waals surface area contributed by atoms with Crippen molar-refractivity contribution in [3.63, 3.8) is 0 Å². The van der Waals surface area contributed by atoms with E-state index in [1.54, 1.807) is 6.20 Å². The van der Waals surface area contributed by atoms with Gasteiger partial charge in [0.05, 0.1) is 17.9 Å². The van der Waals surface area contributed by atoms with Crippen molar-refractivity contribution in [2.24, 2.45) is 11.3 Å². The molecule has 1 saturated heterocycles. The van der Waals surface area contributed by atoms with Gasteiger partial charge in [0.2, 0.25) is 5.88 Å². The molecule has 0 radical (unpaired) electrons. The summed E-state index contributed by atoms with van der Waals surface area (Å²) < 4.78 is 11.9. The van der Waals surface area contributed by atoms with Gasteiger partial charge in [0.15, 0.2) is 6.10 Å². The number of anilines is 1. The Morgan fingerprint density at radius 3 is 2.40 bits per heavy atom. The summed E-state index contributed by atoms with van der Waals surface area (Å²) in [5.41, 5.74) is 3.57. The predicted octanol–water partition coefficient (Wildman–Crippen LogP) is 5.81. The van der Waals surface area contributed by atoms with Crippen LogP contribution in [0.3, 0.4) is 0 Å². The molecule has 0 unspecified atom stereocenters. The van der Waals surface area contributed by atoms with Crippen LogP contribution in [-0.2, 0) is 9.53 Å². The molecule has 1 N–H and O–H groups in total. The first-order valence-electron chi connectivity index (χ1n) is 12.7. The molecule has 7 nitrogen and oxygen atoms in total. The fraction of sp³-hybridized carbons (Fsp3) is 0.607. The largest absolute Gasteiger partial charge is 0.479 e. The second kappa shape index (κ2) is 9.76. The quantitative estimate of drug-likeness (QED) is 0.509. The molecule has 4 rings (SSSR count). The molecule has 2 fully saturated rings. The Bertz CT molecular complexity index is 1050. The number of aromatic nitrogens is 2. The molecule has 0 spiro atoms. The molecule has 1 saturated carbocycles. The van der Waals surface area contributed by atoms with Gasteiger partial charge >= 0.3 is 5.97 Å². The van der Waals surface area contributed by atoms with E-state index in [0.29, 0.717) is 29.7 Å². The molecule has 7 heteroatoms. The lowest BCUT2D eigenvalue weighted by Crippen LogP contribution is -2.39. The normalized spacial score (nSPS) is 18.9. The van der Waals surface area contributed by atoms with Crippen LogP contribution in [0.4, 0.5) is 5.69 Å². The van der Waals surface area contributed by atoms with Crippen molar-refractivity contribution in [2.45, 2.75) is 78.9 Å². The predicted molar refractivity (Wildman–Crippen MR) is 137 cm³/mol. The summed E-state index contributed by atoms with van der Waals surface area (Å²) in [6.45, 7) is 14.5. The topological polar surface area (TPSA) is 84.8 Å². The lowest BCUT2D eigenvalue weighted by Gasteiger charge is -2.40. The average molecular weight is 482 g/mol. The minimum Gasteiger partial charge on any atom is -0.479 e. The third-order valence-electron chi connectivity index (χ3n) is 6.89. The number of rotatable bonds is 8. The van der Waals surface area contributed by atoms with Crippen LogP contribution in [-0.4, -0.2) is 46.3 Å². The van der Waals surface area contributed by atoms with Crippen LogP contribution in [0.2, 0.25) is 0 Å². The van der Waals surface area contributed by atoms with Crippen molar-refractivity contribution in [3.05, 3.63) is 35.8 Å². The van der Waals surface area contributed by atoms with Gasteiger partial charge in [0.1, 0.15) is 0 Å². The minimum atomic E-state index is -1.12. The van der Waals surface area contributed by atoms with E-state index in [2.05, 4.69) is 28.7 Å². The molecule has 35 heavy (non-hydrogen) atoms. The third-order valence-corrected chi connectivity index (χ3v) is 6.89. The Hall–Kier alpha value is -2.67. The Morgan fingerprint density at radius 2 is 1.86 bits per heavy atom. The van der Waals surface area contributed by atoms with E-state index in [0.717, 1.165) is 42.7 Å². The molecular weight excluding hydrogens is 442 g/mol. The number of hydrogen-bond donors (Lipinski definition) is 1. The molecule has 2 aromatic rings. The molecule has 1 atom stereocenters. The van der Waals surface area contributed by atoms with Gasteiger partial charge in [0, 0.05) is 53.9 Å². The van der Waals surface area contributed by atoms with Gasteiger partial charge in [-0.3, -0.25) is 4.98 Å². The number of hydrogen-bond acceptors (Lipinski definition) is 6. The first-order valence-corrected chi connectivity index (χ1v) is 12.7. The van der Waals surface area contributed by atoms with Crippen molar-refractivity contribution in [1.82, 2.24) is 9.97 Å². The standard InChI is InChI=1S/C28H39N3O4/c1-18-23(25(26(32)33)35-27(2,3)4)24(31-13-11-28(5,6)12-14-31)21(16-29-18)20-9-10-22(30-15-20)34-17-19-7-8-19/h9-10,15-16,19,25H,7-8,11-14,17H2,1-6H3,(H,32,33)/t25-/m0/s1. The number of piperidine rings is 1. The molecule has 2 aliphatic rings. The maximum Gasteiger partial charge on any atom is 0.337 e. The number of pyridine rings is 2. The number of aryl methyl sites for hydroxylation is 1. The minimum absolute atomic E-state index is 0.259. The summed E-state index contributed by atoms with van der Waals surface area (Å²) in [7, 11) is 0. The zero-order valence-electron chi connectivity index (χ0n) is 21.9. The van der Waals surface area contributed by atoms with E-state index >= 15 is 0 Å². The summed E-state index contributed by atoms with van der Waals surface area (Å²) in [4.78, 5) is 24.0. The first kappa shape index (κ1) is 25.4. The van der Waals surface area contributed by atoms with Crippen molar-refractivity contribution in [3.8, 4) is 17.0 Å². The van der Waals surface area contributed by atoms with Crippen LogP contribution in [0.1, 0.15) is 77.7 Å². The second-order valence-corrected chi connectivity index (χ2v) is 11.8. The van der Waals surface area contributed by atoms with E-state index in [9.17, 15) is 9.90 Å². The van der Waals surface area contributed by atoms with Crippen molar-refractivity contribution in [1.29, 1.82) is 0 Å². The molecule has 3 heterocycles. The zero-order valence-corrected chi connectivity index (χ0v) is 21.9. The van der Waals surface area contributed by atoms with Crippen LogP contribution < -0.4 is 9.64 Å². The number of aliphatic carboxylic acids is 1. The van der Waals surface area contributed by atoms with Gasteiger partial charge in [-0.15, -0.1) is 0 Å². The number of carboxylic acid groups (broad SMARTS) is 1. The monoisotopic (exact) mass is 481 g/mol. The summed E-state index contributed by atoms with van der Waals surface area (Å²) in [6.07, 6.45) is 7.03. The molecule has 0 aromatic carbocycles. The van der Waals surface area contributed by atoms with Gasteiger partial charge in [0.25, 0.3) is 0 Å². The lowest BCUT2D eigenvalue weighted by molar-refractivity contribution is -0.160. The summed E-state index contributed by atoms with van der Waals surface area (Å²) >= 11 is 0. The molecular formula is C28H39N3O4. The summed E-state index contributed by atoms with van der Waals surface area (Å²) in [6, 6.07) is 3.88. The SMILES string of the molecule is Cc1ncc(-c2ccc(OCC3CC3)nc2)c(N2CCC(C)(C)CC2)c1[C@H](OC(C)(C)C)C(=O)O. The van der Waals surface area contributed by atoms with Crippen molar-refractivity contribution >= 4 is 11.7 Å². The fourth-order valence-electron chi connectivity index (χ4n) is 4.51. The summed E-state index contributed by atoms with van der Waals surface area (Å²) in [5.74, 6) is 0.260. The Morgan fingerprint density at radius 1 is 1.17 bits per heavy atom. The molecule has 2 aromatic heterocycles. The molecule has 0 bridgehead atoms. The maximum atomic E-state index is 12.5. The van der Waals surface area contributed by atoms with Crippen LogP contribution in [0.15, 0.2) is 24.5 Å². The van der Waals surface area contributed by atoms with Gasteiger partial charge in [-0.05, 0) is 70.8 Å². The van der Waals surface area contributed by atoms with E-state index in [4.69, 9.17) is 9.47 Å². The van der Waals surface area contributed by atoms with Crippen molar-refractivity contribution < 1.29 is 19.4 Å². The van der Waals surface area contributed by atoms with Crippen LogP contribution in [0.25, 0.3) is 11.1 Å². The van der Waals surface area contributed by atoms with Gasteiger partial charge < -0.3 is 19.5 Å². The Labute approximate surface area is 208 Å². The Balaban J connectivity index is 1.78. The Kier molecular flexibility index (Phi) is 7.09. The average Bonchev–Trinajstić information content (AvgIpc) is 3.61. The highest BCUT2D eigenvalue weighted by molar-refractivity contribution is 5.86. The van der Waals surface area contributed by atoms with Gasteiger partial charge in [-0.25, -0.2) is 9.78 Å². The summed E-state index contributed by atoms with van der Waals surface area (Å²) in [5, 5.41) is 10.2. The third kappa shape index (κ3) is 6.31. The van der Waals surface area contributed by atoms with Crippen LogP contribution >= 0.6 is 0 Å². The highest BCUT2D eigenvalue weighted by Crippen LogP contribution is 2.43. The number of carboxylic acids is 1. The van der Waals surface area contributed by atoms with E-state index in [1.165, 1.54) is 12.8 Å². The number of ether oxygens (including phenoxy) is 2. The van der Waals surface area contributed by atoms with Crippen LogP contribution in [0, 0.1) is 18.3 Å². The lowest BCUT2D eigenvalue weighted by atomic mass is 9.82. The highest BCUT2D eigenvalue weighted by Gasteiger charge is 2.35. The zero-order chi connectivity index (χ0) is 25.4. The van der Waals surface area contributed by atoms with E-state index in [1.807, 2.05) is 46.0 Å². The van der Waals surface area contributed by atoms with E-state index in [-0.39, 0.29) is 5.41 Å². The van der Waals surface area contributed by atoms with Crippen LogP contribution in [0.5, 0.6) is 5.88 Å². The second-order valence-electron chi connectivity index (χ2n) is 11.8. The first-order chi connectivity index (χ1) is 16.4. The molecule has 1 aliphatic carbocycles. The number of carbonyl (C=O) groups is 1. The van der Waals surface area contributed by atoms with Gasteiger partial charge in [-0.2, -0.15) is 0 Å². The van der Waals surface area contributed by atoms with E-state index < -0.39 is 17.7 Å².